The highest BCUT2D eigenvalue weighted by molar-refractivity contribution is 7.88. The van der Waals surface area contributed by atoms with Crippen molar-refractivity contribution in [3.8, 4) is 0 Å². The van der Waals surface area contributed by atoms with Crippen LogP contribution in [0.1, 0.15) is 49.8 Å². The van der Waals surface area contributed by atoms with Crippen molar-refractivity contribution in [2.45, 2.75) is 70.0 Å². The number of aryl methyl sites for hydroxylation is 1. The fourth-order valence-corrected chi connectivity index (χ4v) is 5.44. The van der Waals surface area contributed by atoms with Gasteiger partial charge in [0.25, 0.3) is 0 Å². The first-order chi connectivity index (χ1) is 16.3. The first-order valence-electron chi connectivity index (χ1n) is 11.9. The number of benzene rings is 1. The predicted molar refractivity (Wildman–Crippen MR) is 131 cm³/mol. The van der Waals surface area contributed by atoms with E-state index in [1.54, 1.807) is 0 Å². The summed E-state index contributed by atoms with van der Waals surface area (Å²) in [5.74, 6) is -0.768. The minimum Gasteiger partial charge on any atom is -0.481 e. The monoisotopic (exact) mass is 487 g/mol. The SMILES string of the molecule is CS(=O)(=O)NCCCCC1C=CN(C2CCCc3c(CCC(=O)O)c4ccccc4n3C2)N=N1. The summed E-state index contributed by atoms with van der Waals surface area (Å²) in [6, 6.07) is 8.47. The summed E-state index contributed by atoms with van der Waals surface area (Å²) in [4.78, 5) is 11.2. The Morgan fingerprint density at radius 2 is 2.09 bits per heavy atom. The highest BCUT2D eigenvalue weighted by atomic mass is 32.2. The molecule has 2 N–H and O–H groups in total. The van der Waals surface area contributed by atoms with Crippen LogP contribution < -0.4 is 4.72 Å². The van der Waals surface area contributed by atoms with Gasteiger partial charge in [0.2, 0.25) is 10.0 Å². The van der Waals surface area contributed by atoms with E-state index in [0.717, 1.165) is 56.0 Å². The number of aliphatic carboxylic acids is 1. The van der Waals surface area contributed by atoms with Crippen LogP contribution in [0.5, 0.6) is 0 Å². The molecular formula is C24H33N5O4S. The van der Waals surface area contributed by atoms with Crippen LogP contribution in [0.3, 0.4) is 0 Å². The first kappa shape index (κ1) is 24.4. The Hall–Kier alpha value is -2.72. The van der Waals surface area contributed by atoms with Crippen LogP contribution >= 0.6 is 0 Å². The molecule has 0 bridgehead atoms. The van der Waals surface area contributed by atoms with E-state index in [1.165, 1.54) is 17.5 Å². The van der Waals surface area contributed by atoms with Gasteiger partial charge in [0.15, 0.2) is 0 Å². The van der Waals surface area contributed by atoms with Gasteiger partial charge in [-0.25, -0.2) is 18.1 Å². The molecular weight excluding hydrogens is 454 g/mol. The number of nitrogens with zero attached hydrogens (tertiary/aromatic N) is 4. The minimum atomic E-state index is -3.13. The Morgan fingerprint density at radius 3 is 2.82 bits per heavy atom. The standard InChI is InChI=1S/C24H33N5O4S/c1-34(32,33)25-15-5-4-7-18-14-16-29(27-26-18)19-8-6-11-23-21(12-13-24(30)31)20-9-2-3-10-22(20)28(23)17-19/h2-3,9-10,14,16,18-19,25H,4-8,11-13,15,17H2,1H3,(H,30,31). The molecule has 0 radical (unpaired) electrons. The smallest absolute Gasteiger partial charge is 0.303 e. The van der Waals surface area contributed by atoms with E-state index in [2.05, 4.69) is 37.8 Å². The maximum atomic E-state index is 11.2. The summed E-state index contributed by atoms with van der Waals surface area (Å²) in [5, 5.41) is 21.3. The van der Waals surface area contributed by atoms with Crippen LogP contribution in [0.2, 0.25) is 0 Å². The van der Waals surface area contributed by atoms with Crippen molar-refractivity contribution < 1.29 is 18.3 Å². The molecule has 0 saturated carbocycles. The van der Waals surface area contributed by atoms with Crippen molar-refractivity contribution in [2.75, 3.05) is 12.8 Å². The number of rotatable bonds is 10. The number of nitrogens with one attached hydrogen (secondary N) is 1. The zero-order valence-electron chi connectivity index (χ0n) is 19.6. The molecule has 1 aromatic heterocycles. The summed E-state index contributed by atoms with van der Waals surface area (Å²) in [7, 11) is -3.13. The highest BCUT2D eigenvalue weighted by Gasteiger charge is 2.26. The molecule has 2 aliphatic heterocycles. The quantitative estimate of drug-likeness (QED) is 0.496. The van der Waals surface area contributed by atoms with Crippen LogP contribution in [0.25, 0.3) is 10.9 Å². The summed E-state index contributed by atoms with van der Waals surface area (Å²) in [5.41, 5.74) is 3.58. The van der Waals surface area contributed by atoms with E-state index in [4.69, 9.17) is 0 Å². The number of para-hydroxylation sites is 1. The Labute approximate surface area is 200 Å². The van der Waals surface area contributed by atoms with Crippen molar-refractivity contribution in [3.05, 3.63) is 47.8 Å². The van der Waals surface area contributed by atoms with Crippen LogP contribution in [-0.2, 0) is 34.2 Å². The lowest BCUT2D eigenvalue weighted by molar-refractivity contribution is -0.136. The lowest BCUT2D eigenvalue weighted by Gasteiger charge is -2.27. The average Bonchev–Trinajstić information content (AvgIpc) is 2.93. The number of hydrogen-bond acceptors (Lipinski definition) is 6. The number of aromatic nitrogens is 1. The molecule has 3 heterocycles. The molecule has 4 rings (SSSR count). The molecule has 2 unspecified atom stereocenters. The summed E-state index contributed by atoms with van der Waals surface area (Å²) >= 11 is 0. The summed E-state index contributed by atoms with van der Waals surface area (Å²) < 4.78 is 27.1. The average molecular weight is 488 g/mol. The zero-order valence-corrected chi connectivity index (χ0v) is 20.4. The van der Waals surface area contributed by atoms with Gasteiger partial charge in [-0.1, -0.05) is 23.4 Å². The van der Waals surface area contributed by atoms with Gasteiger partial charge in [-0.2, -0.15) is 5.11 Å². The van der Waals surface area contributed by atoms with Gasteiger partial charge in [0.1, 0.15) is 0 Å². The molecule has 0 spiro atoms. The van der Waals surface area contributed by atoms with E-state index >= 15 is 0 Å². The number of sulfonamides is 1. The fraction of sp³-hybridized carbons (Fsp3) is 0.542. The van der Waals surface area contributed by atoms with E-state index in [0.29, 0.717) is 13.0 Å². The maximum absolute atomic E-state index is 11.2. The number of carbonyl (C=O) groups is 1. The van der Waals surface area contributed by atoms with E-state index in [9.17, 15) is 18.3 Å². The Kier molecular flexibility index (Phi) is 7.67. The van der Waals surface area contributed by atoms with Crippen molar-refractivity contribution in [2.24, 2.45) is 10.3 Å². The van der Waals surface area contributed by atoms with Gasteiger partial charge in [-0.15, -0.1) is 0 Å². The lowest BCUT2D eigenvalue weighted by Crippen LogP contribution is -2.31. The normalized spacial score (nSPS) is 20.4. The van der Waals surface area contributed by atoms with Crippen LogP contribution in [0, 0.1) is 0 Å². The molecule has 0 amide bonds. The molecule has 34 heavy (non-hydrogen) atoms. The van der Waals surface area contributed by atoms with Gasteiger partial charge < -0.3 is 9.67 Å². The second-order valence-electron chi connectivity index (χ2n) is 9.15. The zero-order chi connectivity index (χ0) is 24.1. The van der Waals surface area contributed by atoms with E-state index < -0.39 is 16.0 Å². The molecule has 1 aromatic carbocycles. The fourth-order valence-electron chi connectivity index (χ4n) is 4.92. The highest BCUT2D eigenvalue weighted by Crippen LogP contribution is 2.33. The van der Waals surface area contributed by atoms with Gasteiger partial charge in [-0.3, -0.25) is 4.79 Å². The molecule has 0 saturated heterocycles. The number of unbranched alkanes of at least 4 members (excludes halogenated alkanes) is 1. The van der Waals surface area contributed by atoms with Crippen LogP contribution in [-0.4, -0.2) is 54.0 Å². The van der Waals surface area contributed by atoms with E-state index in [1.807, 2.05) is 23.3 Å². The van der Waals surface area contributed by atoms with Crippen molar-refractivity contribution in [1.82, 2.24) is 14.3 Å². The lowest BCUT2D eigenvalue weighted by atomic mass is 10.0. The summed E-state index contributed by atoms with van der Waals surface area (Å²) in [6.07, 6.45) is 11.4. The molecule has 184 valence electrons. The van der Waals surface area contributed by atoms with Gasteiger partial charge in [0.05, 0.1) is 18.3 Å². The third-order valence-electron chi connectivity index (χ3n) is 6.56. The largest absolute Gasteiger partial charge is 0.481 e. The van der Waals surface area contributed by atoms with Crippen molar-refractivity contribution >= 4 is 26.9 Å². The van der Waals surface area contributed by atoms with Gasteiger partial charge in [0, 0.05) is 42.3 Å². The topological polar surface area (TPSA) is 116 Å². The van der Waals surface area contributed by atoms with Crippen molar-refractivity contribution in [1.29, 1.82) is 0 Å². The molecule has 2 aromatic rings. The third-order valence-corrected chi connectivity index (χ3v) is 7.28. The second kappa shape index (κ2) is 10.7. The molecule has 0 aliphatic carbocycles. The predicted octanol–water partition coefficient (Wildman–Crippen LogP) is 3.65. The Bertz CT molecular complexity index is 1170. The minimum absolute atomic E-state index is 0.0193. The molecule has 2 atom stereocenters. The van der Waals surface area contributed by atoms with Crippen molar-refractivity contribution in [3.63, 3.8) is 0 Å². The first-order valence-corrected chi connectivity index (χ1v) is 13.8. The molecule has 2 aliphatic rings. The Balaban J connectivity index is 1.40. The molecule has 9 nitrogen and oxygen atoms in total. The third kappa shape index (κ3) is 6.04. The van der Waals surface area contributed by atoms with E-state index in [-0.39, 0.29) is 18.5 Å². The van der Waals surface area contributed by atoms with Gasteiger partial charge >= 0.3 is 5.97 Å². The molecule has 0 fully saturated rings. The summed E-state index contributed by atoms with van der Waals surface area (Å²) in [6.45, 7) is 1.23. The number of carboxylic acid groups (broad SMARTS) is 1. The van der Waals surface area contributed by atoms with Gasteiger partial charge in [-0.05, 0) is 62.7 Å². The van der Waals surface area contributed by atoms with Crippen LogP contribution in [0.15, 0.2) is 46.9 Å². The Morgan fingerprint density at radius 1 is 1.26 bits per heavy atom. The molecule has 10 heteroatoms. The number of fused-ring (bicyclic) bond motifs is 3. The number of hydrogen-bond donors (Lipinski definition) is 2. The van der Waals surface area contributed by atoms with Crippen LogP contribution in [0.4, 0.5) is 0 Å². The second-order valence-corrected chi connectivity index (χ2v) is 11.0. The maximum Gasteiger partial charge on any atom is 0.303 e. The number of carboxylic acids is 1.